The fourth-order valence-corrected chi connectivity index (χ4v) is 2.03. The van der Waals surface area contributed by atoms with Crippen LogP contribution in [-0.4, -0.2) is 46.7 Å². The van der Waals surface area contributed by atoms with Crippen LogP contribution in [0.2, 0.25) is 0 Å². The fraction of sp³-hybridized carbons (Fsp3) is 0.800. The number of carbonyl (C=O) groups is 1. The van der Waals surface area contributed by atoms with Crippen molar-refractivity contribution in [3.8, 4) is 0 Å². The number of amidine groups is 1. The number of rotatable bonds is 5. The van der Waals surface area contributed by atoms with Gasteiger partial charge in [-0.05, 0) is 19.8 Å². The van der Waals surface area contributed by atoms with Gasteiger partial charge in [0.05, 0.1) is 6.61 Å². The van der Waals surface area contributed by atoms with Crippen molar-refractivity contribution >= 4 is 11.7 Å². The van der Waals surface area contributed by atoms with Crippen LogP contribution in [0.1, 0.15) is 26.2 Å². The molecule has 92 valence electrons. The number of aliphatic hydroxyl groups is 1. The SMILES string of the molecule is CCN(CCO)C(=O)C1(C(N)=NO)CCC1. The van der Waals surface area contributed by atoms with Crippen LogP contribution in [0, 0.1) is 5.41 Å². The minimum atomic E-state index is -0.833. The van der Waals surface area contributed by atoms with Crippen LogP contribution in [0.5, 0.6) is 0 Å². The van der Waals surface area contributed by atoms with Crippen molar-refractivity contribution in [2.24, 2.45) is 16.3 Å². The molecule has 1 aliphatic rings. The molecule has 0 aromatic heterocycles. The lowest BCUT2D eigenvalue weighted by molar-refractivity contribution is -0.142. The molecule has 1 rings (SSSR count). The van der Waals surface area contributed by atoms with Gasteiger partial charge in [-0.25, -0.2) is 0 Å². The van der Waals surface area contributed by atoms with E-state index in [-0.39, 0.29) is 24.9 Å². The van der Waals surface area contributed by atoms with Gasteiger partial charge >= 0.3 is 0 Å². The summed E-state index contributed by atoms with van der Waals surface area (Å²) >= 11 is 0. The first kappa shape index (κ1) is 12.8. The number of hydrogen-bond acceptors (Lipinski definition) is 4. The van der Waals surface area contributed by atoms with Crippen LogP contribution in [0.25, 0.3) is 0 Å². The van der Waals surface area contributed by atoms with E-state index in [1.54, 1.807) is 0 Å². The van der Waals surface area contributed by atoms with Crippen molar-refractivity contribution in [2.45, 2.75) is 26.2 Å². The Morgan fingerprint density at radius 2 is 2.19 bits per heavy atom. The third kappa shape index (κ3) is 1.97. The fourth-order valence-electron chi connectivity index (χ4n) is 2.03. The Morgan fingerprint density at radius 3 is 2.50 bits per heavy atom. The zero-order valence-corrected chi connectivity index (χ0v) is 9.52. The maximum absolute atomic E-state index is 12.2. The second kappa shape index (κ2) is 5.16. The van der Waals surface area contributed by atoms with Crippen molar-refractivity contribution in [1.82, 2.24) is 4.90 Å². The Balaban J connectivity index is 2.84. The average molecular weight is 229 g/mol. The Kier molecular flexibility index (Phi) is 4.12. The van der Waals surface area contributed by atoms with Gasteiger partial charge in [-0.1, -0.05) is 11.6 Å². The monoisotopic (exact) mass is 229 g/mol. The molecule has 0 atom stereocenters. The van der Waals surface area contributed by atoms with E-state index in [9.17, 15) is 4.79 Å². The normalized spacial score (nSPS) is 19.0. The summed E-state index contributed by atoms with van der Waals surface area (Å²) in [7, 11) is 0. The highest BCUT2D eigenvalue weighted by Crippen LogP contribution is 2.42. The highest BCUT2D eigenvalue weighted by molar-refractivity contribution is 6.07. The number of hydrogen-bond donors (Lipinski definition) is 3. The Morgan fingerprint density at radius 1 is 1.56 bits per heavy atom. The van der Waals surface area contributed by atoms with Gasteiger partial charge in [-0.3, -0.25) is 4.79 Å². The summed E-state index contributed by atoms with van der Waals surface area (Å²) in [6, 6.07) is 0. The van der Waals surface area contributed by atoms with E-state index >= 15 is 0 Å². The molecule has 1 fully saturated rings. The lowest BCUT2D eigenvalue weighted by atomic mass is 9.67. The van der Waals surface area contributed by atoms with Gasteiger partial charge < -0.3 is 20.9 Å². The topological polar surface area (TPSA) is 99.2 Å². The maximum Gasteiger partial charge on any atom is 0.236 e. The van der Waals surface area contributed by atoms with Gasteiger partial charge in [-0.2, -0.15) is 0 Å². The number of likely N-dealkylation sites (N-methyl/N-ethyl adjacent to an activating group) is 1. The second-order valence-electron chi connectivity index (χ2n) is 4.03. The molecule has 1 aliphatic carbocycles. The summed E-state index contributed by atoms with van der Waals surface area (Å²) in [4.78, 5) is 13.8. The lowest BCUT2D eigenvalue weighted by Crippen LogP contribution is -2.55. The van der Waals surface area contributed by atoms with E-state index in [0.29, 0.717) is 19.4 Å². The molecule has 0 saturated heterocycles. The highest BCUT2D eigenvalue weighted by atomic mass is 16.4. The number of aliphatic hydroxyl groups excluding tert-OH is 1. The van der Waals surface area contributed by atoms with Crippen LogP contribution < -0.4 is 5.73 Å². The van der Waals surface area contributed by atoms with Gasteiger partial charge in [0.2, 0.25) is 5.91 Å². The molecular formula is C10H19N3O3. The molecule has 0 aromatic rings. The average Bonchev–Trinajstić information content (AvgIpc) is 2.23. The Hall–Kier alpha value is -1.30. The smallest absolute Gasteiger partial charge is 0.236 e. The molecule has 0 heterocycles. The minimum Gasteiger partial charge on any atom is -0.409 e. The molecule has 0 aliphatic heterocycles. The van der Waals surface area contributed by atoms with Gasteiger partial charge in [0.1, 0.15) is 5.41 Å². The third-order valence-corrected chi connectivity index (χ3v) is 3.25. The molecule has 4 N–H and O–H groups in total. The molecule has 16 heavy (non-hydrogen) atoms. The third-order valence-electron chi connectivity index (χ3n) is 3.25. The van der Waals surface area contributed by atoms with E-state index < -0.39 is 5.41 Å². The number of carbonyl (C=O) groups excluding carboxylic acids is 1. The summed E-state index contributed by atoms with van der Waals surface area (Å²) in [5.74, 6) is -0.161. The number of oxime groups is 1. The van der Waals surface area contributed by atoms with Gasteiger partial charge in [0.15, 0.2) is 5.84 Å². The number of nitrogens with zero attached hydrogens (tertiary/aromatic N) is 2. The largest absolute Gasteiger partial charge is 0.409 e. The van der Waals surface area contributed by atoms with Crippen LogP contribution >= 0.6 is 0 Å². The molecule has 0 bridgehead atoms. The van der Waals surface area contributed by atoms with E-state index in [0.717, 1.165) is 6.42 Å². The second-order valence-corrected chi connectivity index (χ2v) is 4.03. The summed E-state index contributed by atoms with van der Waals surface area (Å²) in [6.45, 7) is 2.56. The lowest BCUT2D eigenvalue weighted by Gasteiger charge is -2.41. The van der Waals surface area contributed by atoms with Crippen molar-refractivity contribution in [2.75, 3.05) is 19.7 Å². The first-order chi connectivity index (χ1) is 7.62. The highest BCUT2D eigenvalue weighted by Gasteiger charge is 2.49. The molecule has 0 unspecified atom stereocenters. The molecule has 0 aromatic carbocycles. The predicted molar refractivity (Wildman–Crippen MR) is 59.0 cm³/mol. The molecular weight excluding hydrogens is 210 g/mol. The van der Waals surface area contributed by atoms with Crippen LogP contribution in [0.4, 0.5) is 0 Å². The molecule has 1 amide bonds. The van der Waals surface area contributed by atoms with Gasteiger partial charge in [0.25, 0.3) is 0 Å². The summed E-state index contributed by atoms with van der Waals surface area (Å²) in [6.07, 6.45) is 2.13. The Bertz CT molecular complexity index is 287. The zero-order valence-electron chi connectivity index (χ0n) is 9.52. The van der Waals surface area contributed by atoms with E-state index in [4.69, 9.17) is 16.0 Å². The zero-order chi connectivity index (χ0) is 12.2. The van der Waals surface area contributed by atoms with Gasteiger partial charge in [-0.15, -0.1) is 0 Å². The molecule has 6 nitrogen and oxygen atoms in total. The number of amides is 1. The van der Waals surface area contributed by atoms with E-state index in [1.807, 2.05) is 6.92 Å². The summed E-state index contributed by atoms with van der Waals surface area (Å²) < 4.78 is 0. The van der Waals surface area contributed by atoms with Crippen LogP contribution in [0.3, 0.4) is 0 Å². The quantitative estimate of drug-likeness (QED) is 0.262. The summed E-state index contributed by atoms with van der Waals surface area (Å²) in [5, 5.41) is 20.5. The minimum absolute atomic E-state index is 0.0138. The maximum atomic E-state index is 12.2. The van der Waals surface area contributed by atoms with Crippen LogP contribution in [0.15, 0.2) is 5.16 Å². The Labute approximate surface area is 94.7 Å². The van der Waals surface area contributed by atoms with Gasteiger partial charge in [0, 0.05) is 13.1 Å². The first-order valence-electron chi connectivity index (χ1n) is 5.50. The van der Waals surface area contributed by atoms with Crippen LogP contribution in [-0.2, 0) is 4.79 Å². The molecule has 1 saturated carbocycles. The van der Waals surface area contributed by atoms with Crippen molar-refractivity contribution in [1.29, 1.82) is 0 Å². The van der Waals surface area contributed by atoms with Crippen molar-refractivity contribution in [3.63, 3.8) is 0 Å². The van der Waals surface area contributed by atoms with Crippen molar-refractivity contribution in [3.05, 3.63) is 0 Å². The first-order valence-corrected chi connectivity index (χ1v) is 5.50. The summed E-state index contributed by atoms with van der Waals surface area (Å²) in [5.41, 5.74) is 4.76. The molecule has 6 heteroatoms. The standard InChI is InChI=1S/C10H19N3O3/c1-2-13(6-7-14)9(15)10(4-3-5-10)8(11)12-16/h14,16H,2-7H2,1H3,(H2,11,12). The van der Waals surface area contributed by atoms with E-state index in [1.165, 1.54) is 4.90 Å². The molecule has 0 spiro atoms. The predicted octanol–water partition coefficient (Wildman–Crippen LogP) is -0.256. The van der Waals surface area contributed by atoms with Crippen molar-refractivity contribution < 1.29 is 15.1 Å². The number of nitrogens with two attached hydrogens (primary N) is 1. The molecule has 0 radical (unpaired) electrons. The van der Waals surface area contributed by atoms with E-state index in [2.05, 4.69) is 5.16 Å².